The minimum atomic E-state index is -1.39. The summed E-state index contributed by atoms with van der Waals surface area (Å²) in [5.74, 6) is -0.0727. The van der Waals surface area contributed by atoms with Gasteiger partial charge in [0.05, 0.1) is 17.7 Å². The number of carboxylic acids is 1. The van der Waals surface area contributed by atoms with Crippen LogP contribution in [0, 0.1) is 0 Å². The van der Waals surface area contributed by atoms with Gasteiger partial charge in [-0.3, -0.25) is 9.59 Å². The predicted octanol–water partition coefficient (Wildman–Crippen LogP) is 3.08. The number of Topliss-reactive ketones (excluding diaryl/α,β-unsaturated/α-hetero) is 1. The molecular weight excluding hydrogens is 452 g/mol. The zero-order valence-electron chi connectivity index (χ0n) is 18.7. The predicted molar refractivity (Wildman–Crippen MR) is 129 cm³/mol. The number of aliphatic carboxylic acids is 1. The molecule has 0 radical (unpaired) electrons. The van der Waals surface area contributed by atoms with Crippen molar-refractivity contribution in [1.29, 1.82) is 0 Å². The third-order valence-electron chi connectivity index (χ3n) is 5.06. The second-order valence-corrected chi connectivity index (χ2v) is 7.53. The van der Waals surface area contributed by atoms with Gasteiger partial charge in [-0.05, 0) is 29.3 Å². The van der Waals surface area contributed by atoms with E-state index in [1.807, 2.05) is 48.4 Å². The van der Waals surface area contributed by atoms with Crippen LogP contribution in [0.25, 0.3) is 11.6 Å². The zero-order valence-corrected chi connectivity index (χ0v) is 18.7. The number of anilines is 1. The maximum absolute atomic E-state index is 12.8. The van der Waals surface area contributed by atoms with Crippen LogP contribution in [0.15, 0.2) is 72.9 Å². The molecule has 180 valence electrons. The molecule has 1 amide bonds. The number of ketones is 1. The third-order valence-corrected chi connectivity index (χ3v) is 5.06. The summed E-state index contributed by atoms with van der Waals surface area (Å²) < 4.78 is 10.6. The fraction of sp³-hybridized carbons (Fsp3) is 0.192. The summed E-state index contributed by atoms with van der Waals surface area (Å²) in [6.45, 7) is 2.73. The molecule has 0 bridgehead atoms. The number of fused-ring (bicyclic) bond motifs is 1. The molecule has 1 aliphatic carbocycles. The van der Waals surface area contributed by atoms with E-state index in [-0.39, 0.29) is 12.2 Å². The van der Waals surface area contributed by atoms with E-state index in [4.69, 9.17) is 14.6 Å². The Morgan fingerprint density at radius 2 is 1.83 bits per heavy atom. The number of alkyl carbamates (subject to hydrolysis) is 1. The SMILES string of the molecule is C=CCOC(=O)NC(CC(=O)O)C(=O)COC1C(=C=O)c2ccccc2C=C1Nc1ccccc1. The lowest BCUT2D eigenvalue weighted by molar-refractivity contribution is -0.140. The van der Waals surface area contributed by atoms with Gasteiger partial charge in [0.25, 0.3) is 0 Å². The van der Waals surface area contributed by atoms with E-state index < -0.39 is 43.0 Å². The second kappa shape index (κ2) is 12.1. The summed E-state index contributed by atoms with van der Waals surface area (Å²) in [6.07, 6.45) is 0.525. The van der Waals surface area contributed by atoms with Gasteiger partial charge in [-0.25, -0.2) is 9.59 Å². The highest BCUT2D eigenvalue weighted by molar-refractivity contribution is 5.98. The Kier molecular flexibility index (Phi) is 8.72. The Labute approximate surface area is 201 Å². The Balaban J connectivity index is 1.82. The molecule has 2 atom stereocenters. The number of hydrogen-bond acceptors (Lipinski definition) is 7. The normalized spacial score (nSPS) is 15.0. The van der Waals surface area contributed by atoms with Gasteiger partial charge in [0.15, 0.2) is 5.78 Å². The molecule has 0 fully saturated rings. The van der Waals surface area contributed by atoms with Gasteiger partial charge in [-0.15, -0.1) is 0 Å². The maximum atomic E-state index is 12.8. The molecule has 0 saturated heterocycles. The number of nitrogens with one attached hydrogen (secondary N) is 2. The molecule has 3 N–H and O–H groups in total. The second-order valence-electron chi connectivity index (χ2n) is 7.53. The quantitative estimate of drug-likeness (QED) is 0.333. The first-order valence-corrected chi connectivity index (χ1v) is 10.7. The van der Waals surface area contributed by atoms with Crippen LogP contribution in [0.3, 0.4) is 0 Å². The number of carbonyl (C=O) groups excluding carboxylic acids is 3. The number of benzene rings is 2. The highest BCUT2D eigenvalue weighted by Crippen LogP contribution is 2.34. The van der Waals surface area contributed by atoms with E-state index >= 15 is 0 Å². The molecule has 2 aromatic carbocycles. The van der Waals surface area contributed by atoms with Crippen LogP contribution >= 0.6 is 0 Å². The van der Waals surface area contributed by atoms with Gasteiger partial charge in [0.1, 0.15) is 31.3 Å². The maximum Gasteiger partial charge on any atom is 0.408 e. The van der Waals surface area contributed by atoms with Crippen LogP contribution in [0.2, 0.25) is 0 Å². The summed E-state index contributed by atoms with van der Waals surface area (Å²) in [5.41, 5.74) is 2.79. The van der Waals surface area contributed by atoms with E-state index in [9.17, 15) is 19.2 Å². The van der Waals surface area contributed by atoms with Crippen molar-refractivity contribution in [2.45, 2.75) is 18.6 Å². The molecule has 2 unspecified atom stereocenters. The lowest BCUT2D eigenvalue weighted by atomic mass is 9.89. The topological polar surface area (TPSA) is 131 Å². The third kappa shape index (κ3) is 6.77. The van der Waals surface area contributed by atoms with Crippen molar-refractivity contribution in [2.75, 3.05) is 18.5 Å². The first kappa shape index (κ1) is 25.2. The molecule has 0 spiro atoms. The lowest BCUT2D eigenvalue weighted by Gasteiger charge is -2.28. The molecule has 1 aliphatic rings. The van der Waals surface area contributed by atoms with E-state index in [2.05, 4.69) is 17.2 Å². The summed E-state index contributed by atoms with van der Waals surface area (Å²) in [5, 5.41) is 14.6. The number of carboxylic acid groups (broad SMARTS) is 1. The van der Waals surface area contributed by atoms with E-state index in [1.54, 1.807) is 18.2 Å². The highest BCUT2D eigenvalue weighted by Gasteiger charge is 2.31. The number of para-hydroxylation sites is 1. The van der Waals surface area contributed by atoms with Gasteiger partial charge in [-0.1, -0.05) is 55.1 Å². The zero-order chi connectivity index (χ0) is 25.2. The number of amides is 1. The van der Waals surface area contributed by atoms with Gasteiger partial charge < -0.3 is 25.2 Å². The van der Waals surface area contributed by atoms with Crippen molar-refractivity contribution in [1.82, 2.24) is 5.32 Å². The molecule has 2 aromatic rings. The van der Waals surface area contributed by atoms with Crippen LogP contribution < -0.4 is 10.6 Å². The molecular formula is C26H24N2O7. The number of hydrogen-bond donors (Lipinski definition) is 3. The highest BCUT2D eigenvalue weighted by atomic mass is 16.5. The largest absolute Gasteiger partial charge is 0.481 e. The van der Waals surface area contributed by atoms with Gasteiger partial charge in [-0.2, -0.15) is 0 Å². The van der Waals surface area contributed by atoms with E-state index in [0.29, 0.717) is 11.3 Å². The molecule has 0 aliphatic heterocycles. The molecule has 0 heterocycles. The number of carbonyl (C=O) groups is 3. The molecule has 3 rings (SSSR count). The van der Waals surface area contributed by atoms with Crippen molar-refractivity contribution in [2.24, 2.45) is 0 Å². The van der Waals surface area contributed by atoms with Crippen LogP contribution in [0.4, 0.5) is 10.5 Å². The van der Waals surface area contributed by atoms with Gasteiger partial charge >= 0.3 is 12.1 Å². The van der Waals surface area contributed by atoms with Gasteiger partial charge in [0, 0.05) is 5.69 Å². The summed E-state index contributed by atoms with van der Waals surface area (Å²) in [7, 11) is 0. The van der Waals surface area contributed by atoms with E-state index in [1.165, 1.54) is 6.08 Å². The van der Waals surface area contributed by atoms with Gasteiger partial charge in [0.2, 0.25) is 0 Å². The standard InChI is InChI=1S/C26H24N2O7/c1-2-12-34-26(33)28-21(14-24(31)32)23(30)16-35-25-20(15-29)19-11-7-6-8-17(19)13-22(25)27-18-9-4-3-5-10-18/h2-11,13,21,25,27H,1,12,14,16H2,(H,28,33)(H,31,32). The summed E-state index contributed by atoms with van der Waals surface area (Å²) >= 11 is 0. The molecule has 9 nitrogen and oxygen atoms in total. The van der Waals surface area contributed by atoms with E-state index in [0.717, 1.165) is 11.3 Å². The Morgan fingerprint density at radius 1 is 1.11 bits per heavy atom. The van der Waals surface area contributed by atoms with Crippen molar-refractivity contribution in [3.63, 3.8) is 0 Å². The minimum Gasteiger partial charge on any atom is -0.481 e. The molecule has 35 heavy (non-hydrogen) atoms. The first-order chi connectivity index (χ1) is 16.9. The lowest BCUT2D eigenvalue weighted by Crippen LogP contribution is -2.44. The molecule has 9 heteroatoms. The van der Waals surface area contributed by atoms with Crippen LogP contribution in [0.1, 0.15) is 17.5 Å². The average molecular weight is 476 g/mol. The first-order valence-electron chi connectivity index (χ1n) is 10.7. The van der Waals surface area contributed by atoms with Crippen molar-refractivity contribution in [3.8, 4) is 0 Å². The van der Waals surface area contributed by atoms with Crippen LogP contribution in [-0.2, 0) is 23.9 Å². The minimum absolute atomic E-state index is 0.107. The Morgan fingerprint density at radius 3 is 2.51 bits per heavy atom. The fourth-order valence-electron chi connectivity index (χ4n) is 3.48. The van der Waals surface area contributed by atoms with Crippen molar-refractivity contribution in [3.05, 3.63) is 84.1 Å². The number of ether oxygens (including phenoxy) is 2. The average Bonchev–Trinajstić information content (AvgIpc) is 2.85. The number of rotatable bonds is 11. The molecule has 0 saturated carbocycles. The Bertz CT molecular complexity index is 1180. The summed E-state index contributed by atoms with van der Waals surface area (Å²) in [4.78, 5) is 47.9. The smallest absolute Gasteiger partial charge is 0.408 e. The monoisotopic (exact) mass is 476 g/mol. The van der Waals surface area contributed by atoms with Crippen molar-refractivity contribution < 1.29 is 33.8 Å². The van der Waals surface area contributed by atoms with Crippen LogP contribution in [0.5, 0.6) is 0 Å². The van der Waals surface area contributed by atoms with Crippen molar-refractivity contribution >= 4 is 41.1 Å². The molecule has 0 aromatic heterocycles. The van der Waals surface area contributed by atoms with Crippen LogP contribution in [-0.4, -0.2) is 54.3 Å². The fourth-order valence-corrected chi connectivity index (χ4v) is 3.48. The Hall–Kier alpha value is -4.46. The summed E-state index contributed by atoms with van der Waals surface area (Å²) in [6, 6.07) is 15.0.